The van der Waals surface area contributed by atoms with Crippen molar-refractivity contribution in [1.82, 2.24) is 9.55 Å². The van der Waals surface area contributed by atoms with Crippen molar-refractivity contribution in [2.75, 3.05) is 24.3 Å². The van der Waals surface area contributed by atoms with Crippen molar-refractivity contribution in [3.05, 3.63) is 78.6 Å². The monoisotopic (exact) mass is 495 g/mol. The number of ether oxygens (including phenoxy) is 2. The van der Waals surface area contributed by atoms with Gasteiger partial charge in [-0.2, -0.15) is 0 Å². The van der Waals surface area contributed by atoms with E-state index in [9.17, 15) is 9.18 Å². The average Bonchev–Trinajstić information content (AvgIpc) is 3.51. The number of anilines is 1. The molecule has 0 aliphatic rings. The molecular weight excluding hydrogens is 469 g/mol. The first-order valence-corrected chi connectivity index (χ1v) is 12.2. The van der Waals surface area contributed by atoms with Crippen molar-refractivity contribution in [3.8, 4) is 22.8 Å². The number of carbonyl (C=O) groups is 1. The molecule has 0 atom stereocenters. The number of aromatic nitrogens is 2. The number of imidazole rings is 1. The number of carbonyl (C=O) groups excluding carboxylic acids is 1. The van der Waals surface area contributed by atoms with Crippen LogP contribution in [0.5, 0.6) is 11.5 Å². The second-order valence-corrected chi connectivity index (χ2v) is 8.40. The maximum absolute atomic E-state index is 13.4. The van der Waals surface area contributed by atoms with E-state index in [0.29, 0.717) is 42.1 Å². The third-order valence-corrected chi connectivity index (χ3v) is 6.01. The average molecular weight is 496 g/mol. The van der Waals surface area contributed by atoms with Gasteiger partial charge in [0.25, 0.3) is 0 Å². The quantitative estimate of drug-likeness (QED) is 0.263. The molecule has 2 aromatic carbocycles. The van der Waals surface area contributed by atoms with Gasteiger partial charge in [-0.15, -0.1) is 0 Å². The molecule has 0 fully saturated rings. The van der Waals surface area contributed by atoms with E-state index in [4.69, 9.17) is 13.9 Å². The Labute approximate surface area is 207 Å². The van der Waals surface area contributed by atoms with Crippen LogP contribution in [0.15, 0.2) is 76.6 Å². The van der Waals surface area contributed by atoms with E-state index in [2.05, 4.69) is 10.3 Å². The molecule has 0 saturated heterocycles. The van der Waals surface area contributed by atoms with Crippen LogP contribution in [-0.4, -0.2) is 34.4 Å². The first kappa shape index (κ1) is 24.4. The van der Waals surface area contributed by atoms with Gasteiger partial charge < -0.3 is 23.8 Å². The summed E-state index contributed by atoms with van der Waals surface area (Å²) >= 11 is 1.30. The fourth-order valence-electron chi connectivity index (χ4n) is 3.50. The summed E-state index contributed by atoms with van der Waals surface area (Å²) in [7, 11) is 0. The molecule has 1 amide bonds. The Bertz CT molecular complexity index is 1260. The number of furan rings is 1. The number of benzene rings is 2. The number of thioether (sulfide) groups is 1. The number of nitrogens with one attached hydrogen (secondary N) is 1. The van der Waals surface area contributed by atoms with E-state index in [0.717, 1.165) is 17.0 Å². The summed E-state index contributed by atoms with van der Waals surface area (Å²) in [5, 5.41) is 3.55. The first-order valence-electron chi connectivity index (χ1n) is 11.2. The molecule has 4 aromatic rings. The first-order chi connectivity index (χ1) is 17.1. The van der Waals surface area contributed by atoms with Gasteiger partial charge in [0.1, 0.15) is 23.1 Å². The fraction of sp³-hybridized carbons (Fsp3) is 0.231. The highest BCUT2D eigenvalue weighted by Crippen LogP contribution is 2.31. The van der Waals surface area contributed by atoms with Crippen LogP contribution in [0.4, 0.5) is 10.1 Å². The van der Waals surface area contributed by atoms with Crippen molar-refractivity contribution in [2.24, 2.45) is 0 Å². The minimum absolute atomic E-state index is 0.127. The molecule has 0 spiro atoms. The SMILES string of the molecule is CCOc1ccc(OCC)c(NC(=O)CSc2ncc(-c3ccc(F)cc3)n2Cc2ccco2)c1. The van der Waals surface area contributed by atoms with Gasteiger partial charge >= 0.3 is 0 Å². The van der Waals surface area contributed by atoms with E-state index < -0.39 is 0 Å². The minimum atomic E-state index is -0.308. The van der Waals surface area contributed by atoms with Crippen LogP contribution in [-0.2, 0) is 11.3 Å². The van der Waals surface area contributed by atoms with E-state index >= 15 is 0 Å². The highest BCUT2D eigenvalue weighted by atomic mass is 32.2. The van der Waals surface area contributed by atoms with Crippen LogP contribution in [0.25, 0.3) is 11.3 Å². The summed E-state index contributed by atoms with van der Waals surface area (Å²) in [5.41, 5.74) is 2.16. The Morgan fingerprint density at radius 2 is 1.91 bits per heavy atom. The second kappa shape index (κ2) is 11.6. The Balaban J connectivity index is 1.52. The fourth-order valence-corrected chi connectivity index (χ4v) is 4.28. The van der Waals surface area contributed by atoms with Crippen molar-refractivity contribution in [2.45, 2.75) is 25.5 Å². The predicted molar refractivity (Wildman–Crippen MR) is 134 cm³/mol. The number of halogens is 1. The van der Waals surface area contributed by atoms with Crippen LogP contribution >= 0.6 is 11.8 Å². The lowest BCUT2D eigenvalue weighted by atomic mass is 10.1. The summed E-state index contributed by atoms with van der Waals surface area (Å²) in [6.45, 7) is 5.20. The molecule has 7 nitrogen and oxygen atoms in total. The third-order valence-electron chi connectivity index (χ3n) is 5.02. The number of rotatable bonds is 11. The Hall–Kier alpha value is -3.72. The molecule has 0 bridgehead atoms. The molecule has 35 heavy (non-hydrogen) atoms. The van der Waals surface area contributed by atoms with Crippen molar-refractivity contribution < 1.29 is 23.1 Å². The zero-order valence-corrected chi connectivity index (χ0v) is 20.3. The highest BCUT2D eigenvalue weighted by molar-refractivity contribution is 7.99. The Morgan fingerprint density at radius 3 is 2.63 bits per heavy atom. The standard InChI is InChI=1S/C26H26FN3O4S/c1-3-32-20-11-12-24(33-4-2)22(14-20)29-25(31)17-35-26-28-15-23(18-7-9-19(27)10-8-18)30(26)16-21-6-5-13-34-21/h5-15H,3-4,16-17H2,1-2H3,(H,29,31). The Morgan fingerprint density at radius 1 is 1.11 bits per heavy atom. The highest BCUT2D eigenvalue weighted by Gasteiger charge is 2.17. The summed E-state index contributed by atoms with van der Waals surface area (Å²) < 4.78 is 32.1. The lowest BCUT2D eigenvalue weighted by Gasteiger charge is -2.14. The third kappa shape index (κ3) is 6.24. The lowest BCUT2D eigenvalue weighted by molar-refractivity contribution is -0.113. The number of amides is 1. The van der Waals surface area contributed by atoms with Crippen LogP contribution in [0.2, 0.25) is 0 Å². The molecule has 2 aromatic heterocycles. The lowest BCUT2D eigenvalue weighted by Crippen LogP contribution is -2.16. The maximum atomic E-state index is 13.4. The molecule has 4 rings (SSSR count). The largest absolute Gasteiger partial charge is 0.494 e. The Kier molecular flexibility index (Phi) is 8.10. The zero-order chi connectivity index (χ0) is 24.6. The van der Waals surface area contributed by atoms with Crippen LogP contribution in [0.1, 0.15) is 19.6 Å². The van der Waals surface area contributed by atoms with Gasteiger partial charge in [0.15, 0.2) is 5.16 Å². The van der Waals surface area contributed by atoms with Gasteiger partial charge in [-0.3, -0.25) is 4.79 Å². The van der Waals surface area contributed by atoms with Gasteiger partial charge in [0.2, 0.25) is 5.91 Å². The summed E-state index contributed by atoms with van der Waals surface area (Å²) in [6.07, 6.45) is 3.32. The molecule has 2 heterocycles. The molecular formula is C26H26FN3O4S. The number of nitrogens with zero attached hydrogens (tertiary/aromatic N) is 2. The summed E-state index contributed by atoms with van der Waals surface area (Å²) in [5.74, 6) is 1.58. The maximum Gasteiger partial charge on any atom is 0.234 e. The molecule has 0 saturated carbocycles. The normalized spacial score (nSPS) is 10.8. The van der Waals surface area contributed by atoms with E-state index in [1.54, 1.807) is 42.8 Å². The smallest absolute Gasteiger partial charge is 0.234 e. The molecule has 1 N–H and O–H groups in total. The summed E-state index contributed by atoms with van der Waals surface area (Å²) in [6, 6.07) is 15.2. The molecule has 0 aliphatic carbocycles. The molecule has 0 unspecified atom stereocenters. The van der Waals surface area contributed by atoms with Gasteiger partial charge in [-0.1, -0.05) is 11.8 Å². The molecule has 182 valence electrons. The predicted octanol–water partition coefficient (Wildman–Crippen LogP) is 5.86. The minimum Gasteiger partial charge on any atom is -0.494 e. The molecule has 0 aliphatic heterocycles. The van der Waals surface area contributed by atoms with Gasteiger partial charge in [0.05, 0.1) is 49.4 Å². The second-order valence-electron chi connectivity index (χ2n) is 7.46. The molecule has 9 heteroatoms. The van der Waals surface area contributed by atoms with Crippen molar-refractivity contribution in [1.29, 1.82) is 0 Å². The van der Waals surface area contributed by atoms with E-state index in [1.807, 2.05) is 30.5 Å². The van der Waals surface area contributed by atoms with Gasteiger partial charge in [-0.05, 0) is 67.9 Å². The number of hydrogen-bond acceptors (Lipinski definition) is 6. The zero-order valence-electron chi connectivity index (χ0n) is 19.5. The molecule has 0 radical (unpaired) electrons. The van der Waals surface area contributed by atoms with Crippen molar-refractivity contribution in [3.63, 3.8) is 0 Å². The van der Waals surface area contributed by atoms with E-state index in [1.165, 1.54) is 23.9 Å². The van der Waals surface area contributed by atoms with Crippen LogP contribution in [0.3, 0.4) is 0 Å². The van der Waals surface area contributed by atoms with E-state index in [-0.39, 0.29) is 17.5 Å². The van der Waals surface area contributed by atoms with Gasteiger partial charge in [-0.25, -0.2) is 9.37 Å². The topological polar surface area (TPSA) is 78.5 Å². The summed E-state index contributed by atoms with van der Waals surface area (Å²) in [4.78, 5) is 17.4. The number of hydrogen-bond donors (Lipinski definition) is 1. The van der Waals surface area contributed by atoms with Crippen LogP contribution in [0, 0.1) is 5.82 Å². The van der Waals surface area contributed by atoms with Crippen molar-refractivity contribution >= 4 is 23.4 Å². The van der Waals surface area contributed by atoms with Crippen LogP contribution < -0.4 is 14.8 Å². The van der Waals surface area contributed by atoms with Gasteiger partial charge in [0, 0.05) is 6.07 Å².